The predicted molar refractivity (Wildman–Crippen MR) is 71.3 cm³/mol. The molecule has 0 saturated carbocycles. The number of thiophene rings is 1. The molecule has 2 aliphatic heterocycles. The summed E-state index contributed by atoms with van der Waals surface area (Å²) in [6.45, 7) is 0. The van der Waals surface area contributed by atoms with Gasteiger partial charge in [0, 0.05) is 11.6 Å². The Balaban J connectivity index is 1.81. The fraction of sp³-hybridized carbons (Fsp3) is 0. The Morgan fingerprint density at radius 2 is 1.84 bits per heavy atom. The van der Waals surface area contributed by atoms with Gasteiger partial charge in [-0.1, -0.05) is 11.2 Å². The Labute approximate surface area is 112 Å². The van der Waals surface area contributed by atoms with E-state index in [1.165, 1.54) is 0 Å². The number of anilines is 2. The first-order chi connectivity index (χ1) is 9.42. The Kier molecular flexibility index (Phi) is 2.30. The molecule has 2 aromatic rings. The molecule has 4 heterocycles. The minimum atomic E-state index is 0.929. The molecule has 0 spiro atoms. The van der Waals surface area contributed by atoms with Crippen molar-refractivity contribution in [1.82, 2.24) is 16.2 Å². The molecule has 2 aromatic heterocycles. The molecular weight excluding hydrogens is 266 g/mol. The van der Waals surface area contributed by atoms with E-state index < -0.39 is 0 Å². The van der Waals surface area contributed by atoms with Gasteiger partial charge in [0.15, 0.2) is 0 Å². The lowest BCUT2D eigenvalue weighted by Gasteiger charge is -2.14. The van der Waals surface area contributed by atoms with E-state index in [9.17, 15) is 0 Å². The van der Waals surface area contributed by atoms with Crippen LogP contribution < -0.4 is 21.2 Å². The van der Waals surface area contributed by atoms with Crippen LogP contribution in [0.4, 0.5) is 10.7 Å². The highest BCUT2D eigenvalue weighted by molar-refractivity contribution is 7.22. The molecule has 2 N–H and O–H groups in total. The van der Waals surface area contributed by atoms with Crippen LogP contribution in [0.15, 0.2) is 43.4 Å². The minimum absolute atomic E-state index is 0.929. The number of pyridine rings is 1. The van der Waals surface area contributed by atoms with Gasteiger partial charge >= 0.3 is 0 Å². The van der Waals surface area contributed by atoms with Gasteiger partial charge in [-0.3, -0.25) is 4.98 Å². The third-order valence-corrected chi connectivity index (χ3v) is 3.84. The van der Waals surface area contributed by atoms with E-state index in [2.05, 4.69) is 22.2 Å². The molecule has 0 amide bonds. The van der Waals surface area contributed by atoms with Crippen molar-refractivity contribution in [3.05, 3.63) is 43.4 Å². The second-order valence-electron chi connectivity index (χ2n) is 3.88. The van der Waals surface area contributed by atoms with Gasteiger partial charge in [-0.15, -0.1) is 11.3 Å². The Morgan fingerprint density at radius 3 is 2.58 bits per heavy atom. The molecule has 0 saturated heterocycles. The van der Waals surface area contributed by atoms with Gasteiger partial charge in [0.2, 0.25) is 0 Å². The Morgan fingerprint density at radius 1 is 1.05 bits per heavy atom. The van der Waals surface area contributed by atoms with E-state index in [1.54, 1.807) is 46.3 Å². The van der Waals surface area contributed by atoms with Crippen LogP contribution >= 0.6 is 11.3 Å². The summed E-state index contributed by atoms with van der Waals surface area (Å²) in [5.74, 6) is 0. The molecule has 0 unspecified atom stereocenters. The van der Waals surface area contributed by atoms with Crippen LogP contribution in [0.25, 0.3) is 10.1 Å². The second-order valence-corrected chi connectivity index (χ2v) is 4.95. The van der Waals surface area contributed by atoms with Crippen LogP contribution in [0.5, 0.6) is 0 Å². The summed E-state index contributed by atoms with van der Waals surface area (Å²) in [7, 11) is 0. The lowest BCUT2D eigenvalue weighted by atomic mass is 10.3. The average Bonchev–Trinajstić information content (AvgIpc) is 3.18. The number of hydrogen-bond acceptors (Lipinski definition) is 8. The normalized spacial score (nSPS) is 17.3. The van der Waals surface area contributed by atoms with E-state index in [0.717, 1.165) is 20.8 Å². The van der Waals surface area contributed by atoms with E-state index in [0.29, 0.717) is 0 Å². The van der Waals surface area contributed by atoms with E-state index >= 15 is 0 Å². The van der Waals surface area contributed by atoms with Crippen molar-refractivity contribution in [2.45, 2.75) is 0 Å². The molecule has 2 aliphatic rings. The highest BCUT2D eigenvalue weighted by atomic mass is 32.1. The first-order valence-electron chi connectivity index (χ1n) is 5.54. The van der Waals surface area contributed by atoms with Crippen LogP contribution in [0, 0.1) is 0 Å². The maximum atomic E-state index is 4.98. The standard InChI is InChI=1S/C11H9N5O2S/c1-3-17-13-15(1)9-6-12-7-10-8(9)5-11(19-10)16-2-4-18-14-16/h1-7,13-14H. The van der Waals surface area contributed by atoms with Crippen molar-refractivity contribution in [3.63, 3.8) is 0 Å². The molecule has 19 heavy (non-hydrogen) atoms. The molecular formula is C11H9N5O2S. The number of nitrogens with one attached hydrogen (secondary N) is 2. The number of fused-ring (bicyclic) bond motifs is 1. The summed E-state index contributed by atoms with van der Waals surface area (Å²) in [6, 6.07) is 2.07. The molecule has 8 heteroatoms. The number of hydrazine groups is 2. The molecule has 0 fully saturated rings. The first kappa shape index (κ1) is 10.6. The van der Waals surface area contributed by atoms with Gasteiger partial charge in [0.25, 0.3) is 0 Å². The van der Waals surface area contributed by atoms with Gasteiger partial charge in [0.1, 0.15) is 17.5 Å². The number of rotatable bonds is 2. The second kappa shape index (κ2) is 4.12. The monoisotopic (exact) mass is 275 g/mol. The van der Waals surface area contributed by atoms with Crippen molar-refractivity contribution in [2.75, 3.05) is 10.0 Å². The summed E-state index contributed by atoms with van der Waals surface area (Å²) >= 11 is 1.62. The summed E-state index contributed by atoms with van der Waals surface area (Å²) in [6.07, 6.45) is 10.4. The third kappa shape index (κ3) is 1.70. The number of nitrogens with zero attached hydrogens (tertiary/aromatic N) is 3. The van der Waals surface area contributed by atoms with Crippen LogP contribution in [0.2, 0.25) is 0 Å². The quantitative estimate of drug-likeness (QED) is 0.865. The minimum Gasteiger partial charge on any atom is -0.395 e. The molecule has 0 bridgehead atoms. The molecule has 0 atom stereocenters. The van der Waals surface area contributed by atoms with Gasteiger partial charge in [-0.05, 0) is 6.07 Å². The van der Waals surface area contributed by atoms with Gasteiger partial charge in [0.05, 0.1) is 29.0 Å². The third-order valence-electron chi connectivity index (χ3n) is 2.77. The zero-order valence-electron chi connectivity index (χ0n) is 9.61. The smallest absolute Gasteiger partial charge is 0.131 e. The van der Waals surface area contributed by atoms with Crippen LogP contribution in [-0.4, -0.2) is 4.98 Å². The van der Waals surface area contributed by atoms with Crippen molar-refractivity contribution in [2.24, 2.45) is 0 Å². The van der Waals surface area contributed by atoms with Gasteiger partial charge < -0.3 is 9.68 Å². The van der Waals surface area contributed by atoms with Gasteiger partial charge in [-0.2, -0.15) is 0 Å². The van der Waals surface area contributed by atoms with Gasteiger partial charge in [-0.25, -0.2) is 10.0 Å². The van der Waals surface area contributed by atoms with E-state index in [-0.39, 0.29) is 0 Å². The fourth-order valence-corrected chi connectivity index (χ4v) is 2.89. The highest BCUT2D eigenvalue weighted by Crippen LogP contribution is 2.37. The maximum absolute atomic E-state index is 4.98. The SMILES string of the molecule is C1=CN(c2cc3c(N4C=CON4)cncc3s2)NO1. The predicted octanol–water partition coefficient (Wildman–Crippen LogP) is 1.75. The van der Waals surface area contributed by atoms with Crippen molar-refractivity contribution in [3.8, 4) is 0 Å². The topological polar surface area (TPSA) is 61.9 Å². The van der Waals surface area contributed by atoms with E-state index in [1.807, 2.05) is 12.4 Å². The lowest BCUT2D eigenvalue weighted by molar-refractivity contribution is 0.159. The summed E-state index contributed by atoms with van der Waals surface area (Å²) in [5.41, 5.74) is 6.46. The molecule has 0 radical (unpaired) electrons. The van der Waals surface area contributed by atoms with Crippen molar-refractivity contribution in [1.29, 1.82) is 0 Å². The van der Waals surface area contributed by atoms with Crippen molar-refractivity contribution >= 4 is 32.1 Å². The largest absolute Gasteiger partial charge is 0.395 e. The molecule has 96 valence electrons. The van der Waals surface area contributed by atoms with E-state index in [4.69, 9.17) is 9.68 Å². The van der Waals surface area contributed by atoms with Crippen molar-refractivity contribution < 1.29 is 9.68 Å². The zero-order valence-corrected chi connectivity index (χ0v) is 10.4. The fourth-order valence-electron chi connectivity index (χ4n) is 1.91. The summed E-state index contributed by atoms with van der Waals surface area (Å²) in [5, 5.41) is 5.68. The highest BCUT2D eigenvalue weighted by Gasteiger charge is 2.17. The summed E-state index contributed by atoms with van der Waals surface area (Å²) in [4.78, 5) is 14.2. The van der Waals surface area contributed by atoms with Crippen LogP contribution in [0.3, 0.4) is 0 Å². The summed E-state index contributed by atoms with van der Waals surface area (Å²) < 4.78 is 1.08. The lowest BCUT2D eigenvalue weighted by Crippen LogP contribution is -2.27. The average molecular weight is 275 g/mol. The molecule has 7 nitrogen and oxygen atoms in total. The molecule has 0 aromatic carbocycles. The first-order valence-corrected chi connectivity index (χ1v) is 6.35. The maximum Gasteiger partial charge on any atom is 0.131 e. The molecule has 4 rings (SSSR count). The Hall–Kier alpha value is -2.29. The number of hydrogen-bond donors (Lipinski definition) is 2. The van der Waals surface area contributed by atoms with Crippen LogP contribution in [-0.2, 0) is 9.68 Å². The zero-order chi connectivity index (χ0) is 12.7. The Bertz CT molecular complexity index is 683. The number of aromatic nitrogens is 1. The van der Waals surface area contributed by atoms with Crippen LogP contribution in [0.1, 0.15) is 0 Å². The molecule has 0 aliphatic carbocycles.